The Kier molecular flexibility index (Phi) is 1.98. The lowest BCUT2D eigenvalue weighted by molar-refractivity contribution is -0.137. The fourth-order valence-electron chi connectivity index (χ4n) is 0.328. The van der Waals surface area contributed by atoms with Crippen molar-refractivity contribution in [1.29, 1.82) is 0 Å². The average molecular weight is 120 g/mol. The van der Waals surface area contributed by atoms with E-state index in [9.17, 15) is 4.79 Å². The van der Waals surface area contributed by atoms with Gasteiger partial charge in [-0.3, -0.25) is 4.79 Å². The van der Waals surface area contributed by atoms with Crippen molar-refractivity contribution in [1.82, 2.24) is 5.32 Å². The summed E-state index contributed by atoms with van der Waals surface area (Å²) in [4.78, 5) is 9.96. The van der Waals surface area contributed by atoms with Gasteiger partial charge in [-0.25, -0.2) is 0 Å². The van der Waals surface area contributed by atoms with E-state index in [1.54, 1.807) is 0 Å². The maximum absolute atomic E-state index is 9.96. The number of carboxylic acids is 1. The van der Waals surface area contributed by atoms with Crippen LogP contribution < -0.4 is 5.32 Å². The molecule has 0 aromatic heterocycles. The van der Waals surface area contributed by atoms with E-state index in [1.807, 2.05) is 0 Å². The lowest BCUT2D eigenvalue weighted by Crippen LogP contribution is -2.09. The molecule has 0 aliphatic carbocycles. The molecule has 0 saturated carbocycles. The molecule has 0 aliphatic heterocycles. The molecule has 3 nitrogen and oxygen atoms in total. The Hall–Kier alpha value is -0.570. The number of hydrogen-bond acceptors (Lipinski definition) is 2. The first-order valence-corrected chi connectivity index (χ1v) is 2.38. The van der Waals surface area contributed by atoms with Gasteiger partial charge in [-0.1, -0.05) is 0 Å². The molecule has 3 heteroatoms. The van der Waals surface area contributed by atoms with Crippen molar-refractivity contribution >= 4 is 5.97 Å². The van der Waals surface area contributed by atoms with E-state index >= 15 is 0 Å². The highest BCUT2D eigenvalue weighted by Gasteiger charge is 1.92. The standard InChI is InChI=1S/C5H11NO2/c1-6-4-2-3-5(7)8/h6H,2-4H2,1H3,(H,7,8)/i1D3. The van der Waals surface area contributed by atoms with Crippen molar-refractivity contribution in [2.45, 2.75) is 12.8 Å². The third-order valence-corrected chi connectivity index (χ3v) is 0.692. The van der Waals surface area contributed by atoms with E-state index in [2.05, 4.69) is 5.32 Å². The number of aliphatic carboxylic acids is 1. The quantitative estimate of drug-likeness (QED) is 0.516. The van der Waals surface area contributed by atoms with Crippen LogP contribution in [0.2, 0.25) is 0 Å². The average Bonchev–Trinajstić information content (AvgIpc) is 1.78. The second kappa shape index (κ2) is 4.59. The van der Waals surface area contributed by atoms with Gasteiger partial charge in [0.15, 0.2) is 0 Å². The minimum Gasteiger partial charge on any atom is -0.481 e. The number of hydrogen-bond donors (Lipinski definition) is 2. The first-order valence-electron chi connectivity index (χ1n) is 3.88. The molecule has 0 aromatic rings. The molecule has 0 unspecified atom stereocenters. The van der Waals surface area contributed by atoms with Gasteiger partial charge in [0, 0.05) is 10.5 Å². The summed E-state index contributed by atoms with van der Waals surface area (Å²) < 4.78 is 20.1. The lowest BCUT2D eigenvalue weighted by Gasteiger charge is -1.92. The predicted molar refractivity (Wildman–Crippen MR) is 30.8 cm³/mol. The van der Waals surface area contributed by atoms with Crippen LogP contribution in [-0.2, 0) is 4.79 Å². The number of nitrogens with one attached hydrogen (secondary N) is 1. The van der Waals surface area contributed by atoms with Gasteiger partial charge in [-0.2, -0.15) is 0 Å². The molecule has 0 rings (SSSR count). The number of carbonyl (C=O) groups is 1. The van der Waals surface area contributed by atoms with Crippen molar-refractivity contribution in [2.24, 2.45) is 0 Å². The Bertz CT molecular complexity index is 134. The van der Waals surface area contributed by atoms with Crippen molar-refractivity contribution in [2.75, 3.05) is 13.5 Å². The second-order valence-electron chi connectivity index (χ2n) is 1.42. The zero-order valence-corrected chi connectivity index (χ0v) is 4.48. The van der Waals surface area contributed by atoms with Crippen molar-refractivity contribution in [3.8, 4) is 0 Å². The molecule has 8 heavy (non-hydrogen) atoms. The highest BCUT2D eigenvalue weighted by Crippen LogP contribution is 1.83. The maximum Gasteiger partial charge on any atom is 0.303 e. The summed E-state index contributed by atoms with van der Waals surface area (Å²) in [5.74, 6) is -0.905. The van der Waals surface area contributed by atoms with Crippen LogP contribution in [-0.4, -0.2) is 24.6 Å². The van der Waals surface area contributed by atoms with Crippen molar-refractivity contribution in [3.05, 3.63) is 0 Å². The lowest BCUT2D eigenvalue weighted by atomic mass is 10.3. The summed E-state index contributed by atoms with van der Waals surface area (Å²) >= 11 is 0. The van der Waals surface area contributed by atoms with E-state index in [0.29, 0.717) is 6.42 Å². The Labute approximate surface area is 52.9 Å². The minimum atomic E-state index is -2.15. The Morgan fingerprint density at radius 3 is 3.25 bits per heavy atom. The summed E-state index contributed by atoms with van der Waals surface area (Å²) in [6.07, 6.45) is 0.344. The van der Waals surface area contributed by atoms with Crippen LogP contribution in [0, 0.1) is 0 Å². The van der Waals surface area contributed by atoms with Gasteiger partial charge in [-0.05, 0) is 19.9 Å². The fourth-order valence-corrected chi connectivity index (χ4v) is 0.328. The van der Waals surface area contributed by atoms with E-state index in [4.69, 9.17) is 9.22 Å². The summed E-state index contributed by atoms with van der Waals surface area (Å²) in [7, 11) is 0. The molecule has 0 bridgehead atoms. The molecular weight excluding hydrogens is 106 g/mol. The van der Waals surface area contributed by atoms with Crippen molar-refractivity contribution < 1.29 is 14.0 Å². The van der Waals surface area contributed by atoms with Gasteiger partial charge in [0.2, 0.25) is 0 Å². The van der Waals surface area contributed by atoms with Gasteiger partial charge >= 0.3 is 5.97 Å². The summed E-state index contributed by atoms with van der Waals surface area (Å²) in [6.45, 7) is -1.94. The number of carboxylic acid groups (broad SMARTS) is 1. The van der Waals surface area contributed by atoms with E-state index in [-0.39, 0.29) is 13.0 Å². The molecule has 0 aromatic carbocycles. The maximum atomic E-state index is 9.96. The molecule has 0 atom stereocenters. The van der Waals surface area contributed by atoms with Crippen LogP contribution >= 0.6 is 0 Å². The third-order valence-electron chi connectivity index (χ3n) is 0.692. The normalized spacial score (nSPS) is 16.2. The summed E-state index contributed by atoms with van der Waals surface area (Å²) in [5.41, 5.74) is 0. The van der Waals surface area contributed by atoms with Crippen LogP contribution in [0.4, 0.5) is 0 Å². The zero-order chi connectivity index (χ0) is 8.91. The van der Waals surface area contributed by atoms with Gasteiger partial charge in [0.25, 0.3) is 0 Å². The monoisotopic (exact) mass is 120 g/mol. The molecule has 0 spiro atoms. The van der Waals surface area contributed by atoms with E-state index in [1.165, 1.54) is 0 Å². The summed E-state index contributed by atoms with van der Waals surface area (Å²) in [5, 5.41) is 10.4. The predicted octanol–water partition coefficient (Wildman–Crippen LogP) is 0.0706. The minimum absolute atomic E-state index is 0.00306. The van der Waals surface area contributed by atoms with Gasteiger partial charge in [0.05, 0.1) is 0 Å². The van der Waals surface area contributed by atoms with Gasteiger partial charge < -0.3 is 10.4 Å². The highest BCUT2D eigenvalue weighted by atomic mass is 16.4. The van der Waals surface area contributed by atoms with Gasteiger partial charge in [-0.15, -0.1) is 0 Å². The molecule has 48 valence electrons. The van der Waals surface area contributed by atoms with E-state index in [0.717, 1.165) is 0 Å². The van der Waals surface area contributed by atoms with Crippen molar-refractivity contribution in [3.63, 3.8) is 0 Å². The number of rotatable bonds is 4. The molecule has 0 saturated heterocycles. The summed E-state index contributed by atoms with van der Waals surface area (Å²) in [6, 6.07) is 0. The topological polar surface area (TPSA) is 49.3 Å². The second-order valence-corrected chi connectivity index (χ2v) is 1.42. The molecule has 0 radical (unpaired) electrons. The Morgan fingerprint density at radius 2 is 2.75 bits per heavy atom. The molecular formula is C5H11NO2. The van der Waals surface area contributed by atoms with Crippen LogP contribution in [0.25, 0.3) is 0 Å². The fraction of sp³-hybridized carbons (Fsp3) is 0.800. The van der Waals surface area contributed by atoms with Crippen LogP contribution in [0.3, 0.4) is 0 Å². The first kappa shape index (κ1) is 3.45. The molecule has 0 amide bonds. The zero-order valence-electron chi connectivity index (χ0n) is 7.48. The van der Waals surface area contributed by atoms with Crippen LogP contribution in [0.1, 0.15) is 17.0 Å². The molecule has 0 fully saturated rings. The largest absolute Gasteiger partial charge is 0.481 e. The smallest absolute Gasteiger partial charge is 0.303 e. The molecule has 0 aliphatic rings. The first-order chi connectivity index (χ1) is 4.92. The third kappa shape index (κ3) is 5.43. The Morgan fingerprint density at radius 1 is 2.00 bits per heavy atom. The highest BCUT2D eigenvalue weighted by molar-refractivity contribution is 5.66. The molecule has 2 N–H and O–H groups in total. The van der Waals surface area contributed by atoms with Crippen LogP contribution in [0.15, 0.2) is 0 Å². The van der Waals surface area contributed by atoms with Crippen LogP contribution in [0.5, 0.6) is 0 Å². The van der Waals surface area contributed by atoms with E-state index < -0.39 is 12.9 Å². The Balaban J connectivity index is 3.22. The van der Waals surface area contributed by atoms with Gasteiger partial charge in [0.1, 0.15) is 0 Å². The SMILES string of the molecule is [2H]C([2H])([2H])NCCCC(=O)O. The molecule has 0 heterocycles.